The molecule has 0 amide bonds. The fourth-order valence-electron chi connectivity index (χ4n) is 1.35. The van der Waals surface area contributed by atoms with E-state index in [1.165, 1.54) is 0 Å². The van der Waals surface area contributed by atoms with Gasteiger partial charge in [-0.3, -0.25) is 0 Å². The van der Waals surface area contributed by atoms with Crippen molar-refractivity contribution in [2.24, 2.45) is 0 Å². The predicted molar refractivity (Wildman–Crippen MR) is 58.5 cm³/mol. The van der Waals surface area contributed by atoms with Crippen molar-refractivity contribution in [3.8, 4) is 11.3 Å². The fourth-order valence-corrected chi connectivity index (χ4v) is 1.95. The van der Waals surface area contributed by atoms with Gasteiger partial charge in [-0.05, 0) is 0 Å². The molecule has 0 spiro atoms. The van der Waals surface area contributed by atoms with Crippen LogP contribution in [0.3, 0.4) is 0 Å². The van der Waals surface area contributed by atoms with E-state index in [2.05, 4.69) is 11.4 Å². The molecule has 0 saturated carbocycles. The molecule has 0 aliphatic heterocycles. The van der Waals surface area contributed by atoms with Crippen LogP contribution in [0.15, 0.2) is 34.9 Å². The molecule has 1 heterocycles. The summed E-state index contributed by atoms with van der Waals surface area (Å²) in [7, 11) is 0. The first-order chi connectivity index (χ1) is 7.27. The van der Waals surface area contributed by atoms with Crippen molar-refractivity contribution in [2.75, 3.05) is 6.26 Å². The Morgan fingerprint density at radius 2 is 2.13 bits per heavy atom. The van der Waals surface area contributed by atoms with E-state index in [0.717, 1.165) is 11.1 Å². The Balaban J connectivity index is 2.33. The average Bonchev–Trinajstić information content (AvgIpc) is 2.66. The third kappa shape index (κ3) is 2.40. The Morgan fingerprint density at radius 3 is 2.80 bits per heavy atom. The Kier molecular flexibility index (Phi) is 3.08. The second kappa shape index (κ2) is 4.51. The minimum atomic E-state index is -0.910. The van der Waals surface area contributed by atoms with Crippen molar-refractivity contribution in [1.82, 2.24) is 5.16 Å². The number of hydrogen-bond donors (Lipinski definition) is 0. The Bertz CT molecular complexity index is 425. The van der Waals surface area contributed by atoms with Crippen molar-refractivity contribution >= 4 is 11.2 Å². The van der Waals surface area contributed by atoms with Gasteiger partial charge < -0.3 is 9.08 Å². The summed E-state index contributed by atoms with van der Waals surface area (Å²) in [5.74, 6) is 1.08. The van der Waals surface area contributed by atoms with Crippen molar-refractivity contribution in [1.29, 1.82) is 0 Å². The van der Waals surface area contributed by atoms with Crippen LogP contribution in [0.25, 0.3) is 11.3 Å². The standard InChI is InChI=1S/C11H10NO2S/c1-15(13)8-10-7-12-14-11(10)9-5-3-2-4-6-9/h2-6H,8H2,1H3. The van der Waals surface area contributed by atoms with E-state index in [4.69, 9.17) is 4.52 Å². The molecule has 15 heavy (non-hydrogen) atoms. The van der Waals surface area contributed by atoms with Gasteiger partial charge in [-0.15, -0.1) is 0 Å². The van der Waals surface area contributed by atoms with Crippen molar-refractivity contribution < 1.29 is 9.08 Å². The largest absolute Gasteiger partial charge is 0.616 e. The predicted octanol–water partition coefficient (Wildman–Crippen LogP) is 2.02. The maximum absolute atomic E-state index is 11.1. The number of aromatic nitrogens is 1. The van der Waals surface area contributed by atoms with Crippen LogP contribution in [0.1, 0.15) is 5.56 Å². The van der Waals surface area contributed by atoms with Gasteiger partial charge >= 0.3 is 0 Å². The molecule has 0 N–H and O–H groups in total. The summed E-state index contributed by atoms with van der Waals surface area (Å²) < 4.78 is 16.2. The lowest BCUT2D eigenvalue weighted by atomic mass is 10.1. The van der Waals surface area contributed by atoms with Crippen LogP contribution < -0.4 is 0 Å². The van der Waals surface area contributed by atoms with Crippen LogP contribution in [0, 0.1) is 6.20 Å². The molecule has 1 aromatic carbocycles. The number of rotatable bonds is 3. The van der Waals surface area contributed by atoms with Crippen LogP contribution in [0.4, 0.5) is 0 Å². The number of hydrogen-bond acceptors (Lipinski definition) is 3. The summed E-state index contributed by atoms with van der Waals surface area (Å²) in [5, 5.41) is 3.62. The first kappa shape index (κ1) is 10.3. The van der Waals surface area contributed by atoms with Gasteiger partial charge in [0.1, 0.15) is 11.9 Å². The molecule has 1 aromatic heterocycles. The van der Waals surface area contributed by atoms with Crippen LogP contribution in [-0.2, 0) is 16.9 Å². The molecule has 77 valence electrons. The maximum atomic E-state index is 11.1. The smallest absolute Gasteiger partial charge is 0.175 e. The highest BCUT2D eigenvalue weighted by Crippen LogP contribution is 2.23. The third-order valence-corrected chi connectivity index (χ3v) is 2.67. The summed E-state index contributed by atoms with van der Waals surface area (Å²) in [4.78, 5) is 0. The molecule has 1 unspecified atom stereocenters. The van der Waals surface area contributed by atoms with Gasteiger partial charge in [-0.2, -0.15) is 0 Å². The van der Waals surface area contributed by atoms with E-state index < -0.39 is 11.2 Å². The second-order valence-corrected chi connectivity index (χ2v) is 4.62. The first-order valence-corrected chi connectivity index (χ1v) is 6.22. The molecule has 4 heteroatoms. The molecule has 0 bridgehead atoms. The van der Waals surface area contributed by atoms with Gasteiger partial charge in [0.15, 0.2) is 5.76 Å². The summed E-state index contributed by atoms with van der Waals surface area (Å²) in [6, 6.07) is 9.63. The normalized spacial score (nSPS) is 12.7. The molecule has 2 rings (SSSR count). The molecular formula is C11H10NO2S. The van der Waals surface area contributed by atoms with E-state index in [1.54, 1.807) is 6.26 Å². The molecule has 0 aliphatic rings. The molecule has 0 aliphatic carbocycles. The maximum Gasteiger partial charge on any atom is 0.175 e. The molecule has 2 aromatic rings. The molecule has 1 atom stereocenters. The molecule has 3 nitrogen and oxygen atoms in total. The van der Waals surface area contributed by atoms with Gasteiger partial charge in [0.05, 0.1) is 11.8 Å². The van der Waals surface area contributed by atoms with Crippen LogP contribution in [-0.4, -0.2) is 16.0 Å². The highest BCUT2D eigenvalue weighted by atomic mass is 32.2. The quantitative estimate of drug-likeness (QED) is 0.743. The fraction of sp³-hybridized carbons (Fsp3) is 0.182. The zero-order chi connectivity index (χ0) is 10.7. The van der Waals surface area contributed by atoms with E-state index in [1.807, 2.05) is 30.3 Å². The Morgan fingerprint density at radius 1 is 1.40 bits per heavy atom. The Hall–Kier alpha value is -1.26. The van der Waals surface area contributed by atoms with Gasteiger partial charge in [0.2, 0.25) is 0 Å². The van der Waals surface area contributed by atoms with Gasteiger partial charge in [-0.1, -0.05) is 46.7 Å². The van der Waals surface area contributed by atoms with E-state index in [-0.39, 0.29) is 0 Å². The topological polar surface area (TPSA) is 49.1 Å². The lowest BCUT2D eigenvalue weighted by Gasteiger charge is -2.03. The van der Waals surface area contributed by atoms with Crippen LogP contribution in [0.5, 0.6) is 0 Å². The van der Waals surface area contributed by atoms with E-state index in [0.29, 0.717) is 11.5 Å². The highest BCUT2D eigenvalue weighted by Gasteiger charge is 2.14. The number of nitrogens with zero attached hydrogens (tertiary/aromatic N) is 1. The molecule has 1 radical (unpaired) electrons. The van der Waals surface area contributed by atoms with E-state index >= 15 is 0 Å². The van der Waals surface area contributed by atoms with Crippen molar-refractivity contribution in [3.63, 3.8) is 0 Å². The van der Waals surface area contributed by atoms with Gasteiger partial charge in [-0.25, -0.2) is 0 Å². The Labute approximate surface area is 91.3 Å². The van der Waals surface area contributed by atoms with Crippen LogP contribution in [0.2, 0.25) is 0 Å². The van der Waals surface area contributed by atoms with Gasteiger partial charge in [0.25, 0.3) is 0 Å². The average molecular weight is 220 g/mol. The molecular weight excluding hydrogens is 210 g/mol. The van der Waals surface area contributed by atoms with Gasteiger partial charge in [0, 0.05) is 5.56 Å². The highest BCUT2D eigenvalue weighted by molar-refractivity contribution is 7.89. The minimum Gasteiger partial charge on any atom is -0.616 e. The zero-order valence-electron chi connectivity index (χ0n) is 8.27. The zero-order valence-corrected chi connectivity index (χ0v) is 9.08. The minimum absolute atomic E-state index is 0.424. The summed E-state index contributed by atoms with van der Waals surface area (Å²) in [6.45, 7) is 0. The van der Waals surface area contributed by atoms with Crippen molar-refractivity contribution in [3.05, 3.63) is 42.1 Å². The third-order valence-electron chi connectivity index (χ3n) is 1.98. The summed E-state index contributed by atoms with van der Waals surface area (Å²) >= 11 is -0.910. The summed E-state index contributed by atoms with van der Waals surface area (Å²) in [6.07, 6.45) is 4.37. The summed E-state index contributed by atoms with van der Waals surface area (Å²) in [5.41, 5.74) is 1.70. The molecule has 0 fully saturated rings. The second-order valence-electron chi connectivity index (χ2n) is 3.19. The first-order valence-electron chi connectivity index (χ1n) is 4.49. The van der Waals surface area contributed by atoms with Crippen molar-refractivity contribution in [2.45, 2.75) is 5.75 Å². The lowest BCUT2D eigenvalue weighted by molar-refractivity contribution is 0.430. The van der Waals surface area contributed by atoms with Crippen LogP contribution >= 0.6 is 0 Å². The number of benzene rings is 1. The monoisotopic (exact) mass is 220 g/mol. The molecule has 0 saturated heterocycles. The lowest BCUT2D eigenvalue weighted by Crippen LogP contribution is -2.00. The van der Waals surface area contributed by atoms with E-state index in [9.17, 15) is 4.55 Å². The SMILES string of the molecule is C[S+]([O-])Cc1[c]noc1-c1ccccc1.